The number of aryl methyl sites for hydroxylation is 1. The molecule has 2 aromatic rings. The summed E-state index contributed by atoms with van der Waals surface area (Å²) in [5.41, 5.74) is 2.12. The minimum atomic E-state index is -0.463. The molecule has 0 aliphatic rings. The molecule has 0 amide bonds. The van der Waals surface area contributed by atoms with Gasteiger partial charge in [-0.1, -0.05) is 23.8 Å². The third kappa shape index (κ3) is 3.58. The normalized spacial score (nSPS) is 12.4. The maximum atomic E-state index is 9.98. The van der Waals surface area contributed by atoms with Crippen molar-refractivity contribution in [1.29, 1.82) is 0 Å². The van der Waals surface area contributed by atoms with E-state index in [1.54, 1.807) is 24.2 Å². The summed E-state index contributed by atoms with van der Waals surface area (Å²) in [5.74, 6) is 0.648. The molecular weight excluding hydrogens is 230 g/mol. The molecule has 1 atom stereocenters. The van der Waals surface area contributed by atoms with Crippen molar-refractivity contribution in [1.82, 2.24) is 4.98 Å². The van der Waals surface area contributed by atoms with Gasteiger partial charge in [-0.3, -0.25) is 4.98 Å². The highest BCUT2D eigenvalue weighted by Gasteiger charge is 2.07. The molecule has 2 nitrogen and oxygen atoms in total. The van der Waals surface area contributed by atoms with Crippen LogP contribution in [0.25, 0.3) is 0 Å². The number of hydrogen-bond donors (Lipinski definition) is 1. The molecule has 88 valence electrons. The van der Waals surface area contributed by atoms with Crippen molar-refractivity contribution >= 4 is 11.8 Å². The Hall–Kier alpha value is -1.32. The lowest BCUT2D eigenvalue weighted by Crippen LogP contribution is -2.00. The Morgan fingerprint density at radius 2 is 2.00 bits per heavy atom. The van der Waals surface area contributed by atoms with Crippen LogP contribution in [0.4, 0.5) is 0 Å². The van der Waals surface area contributed by atoms with Crippen LogP contribution in [-0.2, 0) is 0 Å². The van der Waals surface area contributed by atoms with Gasteiger partial charge < -0.3 is 5.11 Å². The zero-order chi connectivity index (χ0) is 12.1. The zero-order valence-electron chi connectivity index (χ0n) is 9.71. The predicted molar refractivity (Wildman–Crippen MR) is 71.1 cm³/mol. The van der Waals surface area contributed by atoms with Gasteiger partial charge in [0.15, 0.2) is 0 Å². The molecule has 2 rings (SSSR count). The fourth-order valence-electron chi connectivity index (χ4n) is 1.48. The Morgan fingerprint density at radius 1 is 1.24 bits per heavy atom. The molecule has 0 bridgehead atoms. The van der Waals surface area contributed by atoms with Gasteiger partial charge in [-0.05, 0) is 30.7 Å². The van der Waals surface area contributed by atoms with E-state index in [0.717, 1.165) is 5.56 Å². The molecule has 0 aliphatic heterocycles. The molecule has 0 aliphatic carbocycles. The summed E-state index contributed by atoms with van der Waals surface area (Å²) in [7, 11) is 0. The average molecular weight is 245 g/mol. The Kier molecular flexibility index (Phi) is 4.18. The van der Waals surface area contributed by atoms with Crippen molar-refractivity contribution < 1.29 is 5.11 Å². The largest absolute Gasteiger partial charge is 0.387 e. The Balaban J connectivity index is 1.92. The fourth-order valence-corrected chi connectivity index (χ4v) is 2.35. The molecule has 1 heterocycles. The van der Waals surface area contributed by atoms with Crippen LogP contribution in [0.5, 0.6) is 0 Å². The van der Waals surface area contributed by atoms with E-state index in [2.05, 4.69) is 36.2 Å². The van der Waals surface area contributed by atoms with Crippen LogP contribution in [0, 0.1) is 6.92 Å². The van der Waals surface area contributed by atoms with Gasteiger partial charge in [-0.2, -0.15) is 0 Å². The molecule has 0 radical (unpaired) electrons. The first-order valence-electron chi connectivity index (χ1n) is 5.53. The number of rotatable bonds is 4. The number of thioether (sulfide) groups is 1. The first kappa shape index (κ1) is 12.1. The summed E-state index contributed by atoms with van der Waals surface area (Å²) < 4.78 is 0. The lowest BCUT2D eigenvalue weighted by atomic mass is 10.2. The highest BCUT2D eigenvalue weighted by atomic mass is 32.2. The summed E-state index contributed by atoms with van der Waals surface area (Å²) in [6.07, 6.45) is 2.96. The molecule has 1 aromatic heterocycles. The number of pyridine rings is 1. The van der Waals surface area contributed by atoms with Gasteiger partial charge in [-0.25, -0.2) is 0 Å². The average Bonchev–Trinajstić information content (AvgIpc) is 2.39. The molecule has 1 aromatic carbocycles. The van der Waals surface area contributed by atoms with Gasteiger partial charge in [0.2, 0.25) is 0 Å². The number of aliphatic hydroxyl groups excluding tert-OH is 1. The Bertz CT molecular complexity index is 455. The van der Waals surface area contributed by atoms with Gasteiger partial charge in [0.25, 0.3) is 0 Å². The van der Waals surface area contributed by atoms with E-state index in [0.29, 0.717) is 5.75 Å². The van der Waals surface area contributed by atoms with Gasteiger partial charge in [-0.15, -0.1) is 11.8 Å². The zero-order valence-corrected chi connectivity index (χ0v) is 10.5. The van der Waals surface area contributed by atoms with Crippen LogP contribution in [-0.4, -0.2) is 15.8 Å². The molecule has 3 heteroatoms. The van der Waals surface area contributed by atoms with Crippen LogP contribution in [0.15, 0.2) is 53.7 Å². The number of aromatic nitrogens is 1. The van der Waals surface area contributed by atoms with Crippen molar-refractivity contribution in [3.63, 3.8) is 0 Å². The second-order valence-electron chi connectivity index (χ2n) is 3.93. The van der Waals surface area contributed by atoms with Crippen LogP contribution < -0.4 is 0 Å². The van der Waals surface area contributed by atoms with Crippen LogP contribution in [0.1, 0.15) is 17.2 Å². The predicted octanol–water partition coefficient (Wildman–Crippen LogP) is 3.22. The van der Waals surface area contributed by atoms with Crippen molar-refractivity contribution in [2.24, 2.45) is 0 Å². The van der Waals surface area contributed by atoms with E-state index < -0.39 is 6.10 Å². The number of aliphatic hydroxyl groups is 1. The van der Waals surface area contributed by atoms with Gasteiger partial charge >= 0.3 is 0 Å². The standard InChI is InChI=1S/C14H15NOS/c1-11-4-6-13(7-5-11)17-10-14(16)12-3-2-8-15-9-12/h2-9,14,16H,10H2,1H3. The minimum absolute atomic E-state index is 0.463. The maximum absolute atomic E-state index is 9.98. The van der Waals surface area contributed by atoms with E-state index in [1.165, 1.54) is 10.5 Å². The highest BCUT2D eigenvalue weighted by molar-refractivity contribution is 7.99. The first-order chi connectivity index (χ1) is 8.25. The lowest BCUT2D eigenvalue weighted by Gasteiger charge is -2.09. The molecule has 0 fully saturated rings. The van der Waals surface area contributed by atoms with Crippen molar-refractivity contribution in [3.8, 4) is 0 Å². The summed E-state index contributed by atoms with van der Waals surface area (Å²) in [6, 6.07) is 12.1. The van der Waals surface area contributed by atoms with Crippen LogP contribution >= 0.6 is 11.8 Å². The fraction of sp³-hybridized carbons (Fsp3) is 0.214. The lowest BCUT2D eigenvalue weighted by molar-refractivity contribution is 0.203. The van der Waals surface area contributed by atoms with Crippen LogP contribution in [0.3, 0.4) is 0 Å². The van der Waals surface area contributed by atoms with Gasteiger partial charge in [0.05, 0.1) is 6.10 Å². The smallest absolute Gasteiger partial charge is 0.0898 e. The molecule has 0 spiro atoms. The quantitative estimate of drug-likeness (QED) is 0.840. The van der Waals surface area contributed by atoms with E-state index in [1.807, 2.05) is 12.1 Å². The van der Waals surface area contributed by atoms with Crippen molar-refractivity contribution in [2.75, 3.05) is 5.75 Å². The molecular formula is C14H15NOS. The topological polar surface area (TPSA) is 33.1 Å². The molecule has 0 saturated heterocycles. The molecule has 17 heavy (non-hydrogen) atoms. The highest BCUT2D eigenvalue weighted by Crippen LogP contribution is 2.24. The van der Waals surface area contributed by atoms with Gasteiger partial charge in [0.1, 0.15) is 0 Å². The Morgan fingerprint density at radius 3 is 2.65 bits per heavy atom. The monoisotopic (exact) mass is 245 g/mol. The second kappa shape index (κ2) is 5.84. The van der Waals surface area contributed by atoms with Crippen LogP contribution in [0.2, 0.25) is 0 Å². The third-order valence-electron chi connectivity index (χ3n) is 2.50. The summed E-state index contributed by atoms with van der Waals surface area (Å²) in [6.45, 7) is 2.07. The van der Waals surface area contributed by atoms with E-state index in [9.17, 15) is 5.11 Å². The summed E-state index contributed by atoms with van der Waals surface area (Å²) in [5, 5.41) is 9.98. The third-order valence-corrected chi connectivity index (χ3v) is 3.59. The van der Waals surface area contributed by atoms with Crippen molar-refractivity contribution in [3.05, 3.63) is 59.9 Å². The van der Waals surface area contributed by atoms with Gasteiger partial charge in [0, 0.05) is 23.0 Å². The second-order valence-corrected chi connectivity index (χ2v) is 5.02. The van der Waals surface area contributed by atoms with E-state index in [4.69, 9.17) is 0 Å². The maximum Gasteiger partial charge on any atom is 0.0898 e. The first-order valence-corrected chi connectivity index (χ1v) is 6.52. The SMILES string of the molecule is Cc1ccc(SCC(O)c2cccnc2)cc1. The number of nitrogens with zero attached hydrogens (tertiary/aromatic N) is 1. The molecule has 0 saturated carbocycles. The number of benzene rings is 1. The van der Waals surface area contributed by atoms with E-state index >= 15 is 0 Å². The molecule has 1 unspecified atom stereocenters. The minimum Gasteiger partial charge on any atom is -0.387 e. The summed E-state index contributed by atoms with van der Waals surface area (Å²) >= 11 is 1.65. The van der Waals surface area contributed by atoms with Crippen molar-refractivity contribution in [2.45, 2.75) is 17.9 Å². The summed E-state index contributed by atoms with van der Waals surface area (Å²) in [4.78, 5) is 5.18. The number of hydrogen-bond acceptors (Lipinski definition) is 3. The molecule has 1 N–H and O–H groups in total. The Labute approximate surface area is 106 Å². The van der Waals surface area contributed by atoms with E-state index in [-0.39, 0.29) is 0 Å².